The molecule has 2 rings (SSSR count). The third-order valence-corrected chi connectivity index (χ3v) is 4.11. The average Bonchev–Trinajstić information content (AvgIpc) is 2.82. The first kappa shape index (κ1) is 15.7. The third-order valence-electron chi connectivity index (χ3n) is 2.89. The van der Waals surface area contributed by atoms with Gasteiger partial charge in [-0.15, -0.1) is 11.3 Å². The average molecular weight is 331 g/mol. The Morgan fingerprint density at radius 1 is 1.29 bits per heavy atom. The molecule has 7 heteroatoms. The number of hydrogen-bond acceptors (Lipinski definition) is 3. The van der Waals surface area contributed by atoms with E-state index in [1.807, 2.05) is 6.07 Å². The van der Waals surface area contributed by atoms with Crippen LogP contribution in [0.4, 0.5) is 18.9 Å². The minimum absolute atomic E-state index is 0.376. The Morgan fingerprint density at radius 3 is 2.52 bits per heavy atom. The molecule has 0 spiro atoms. The molecule has 1 aromatic heterocycles. The van der Waals surface area contributed by atoms with Gasteiger partial charge in [-0.2, -0.15) is 18.4 Å². The number of benzene rings is 1. The fourth-order valence-corrected chi connectivity index (χ4v) is 3.00. The summed E-state index contributed by atoms with van der Waals surface area (Å²) in [5, 5.41) is 8.77. The standard InChI is InChI=1S/C14H10ClF3N2S/c1-20(8-11-4-5-13(15)21-11)10-3-2-9(7-19)12(6-10)14(16,17)18/h2-6H,8H2,1H3. The minimum Gasteiger partial charge on any atom is -0.369 e. The molecule has 0 saturated carbocycles. The van der Waals surface area contributed by atoms with Crippen LogP contribution in [-0.2, 0) is 12.7 Å². The van der Waals surface area contributed by atoms with E-state index in [0.717, 1.165) is 10.9 Å². The molecule has 1 heterocycles. The lowest BCUT2D eigenvalue weighted by Crippen LogP contribution is -2.17. The van der Waals surface area contributed by atoms with Crippen molar-refractivity contribution in [2.75, 3.05) is 11.9 Å². The molecule has 21 heavy (non-hydrogen) atoms. The van der Waals surface area contributed by atoms with Crippen LogP contribution in [0.5, 0.6) is 0 Å². The van der Waals surface area contributed by atoms with Gasteiger partial charge in [0, 0.05) is 17.6 Å². The molecule has 110 valence electrons. The van der Waals surface area contributed by atoms with Crippen molar-refractivity contribution in [2.24, 2.45) is 0 Å². The normalized spacial score (nSPS) is 11.2. The topological polar surface area (TPSA) is 27.0 Å². The summed E-state index contributed by atoms with van der Waals surface area (Å²) in [5.74, 6) is 0. The molecule has 0 aliphatic heterocycles. The van der Waals surface area contributed by atoms with Crippen molar-refractivity contribution in [2.45, 2.75) is 12.7 Å². The summed E-state index contributed by atoms with van der Waals surface area (Å²) in [4.78, 5) is 2.62. The van der Waals surface area contributed by atoms with Crippen LogP contribution in [0.1, 0.15) is 16.0 Å². The van der Waals surface area contributed by atoms with Gasteiger partial charge in [0.2, 0.25) is 0 Å². The number of thiophene rings is 1. The molecule has 0 N–H and O–H groups in total. The monoisotopic (exact) mass is 330 g/mol. The smallest absolute Gasteiger partial charge is 0.369 e. The van der Waals surface area contributed by atoms with Gasteiger partial charge in [-0.3, -0.25) is 0 Å². The molecule has 2 nitrogen and oxygen atoms in total. The summed E-state index contributed by atoms with van der Waals surface area (Å²) in [6.07, 6.45) is -4.55. The molecule has 1 aromatic carbocycles. The summed E-state index contributed by atoms with van der Waals surface area (Å²) < 4.78 is 39.4. The van der Waals surface area contributed by atoms with E-state index in [1.54, 1.807) is 24.1 Å². The highest BCUT2D eigenvalue weighted by Gasteiger charge is 2.34. The number of nitrogens with zero attached hydrogens (tertiary/aromatic N) is 2. The van der Waals surface area contributed by atoms with Crippen molar-refractivity contribution in [3.63, 3.8) is 0 Å². The van der Waals surface area contributed by atoms with Gasteiger partial charge in [0.05, 0.1) is 28.1 Å². The molecular weight excluding hydrogens is 321 g/mol. The van der Waals surface area contributed by atoms with Crippen LogP contribution in [0, 0.1) is 11.3 Å². The highest BCUT2D eigenvalue weighted by molar-refractivity contribution is 7.16. The lowest BCUT2D eigenvalue weighted by molar-refractivity contribution is -0.137. The Balaban J connectivity index is 2.30. The van der Waals surface area contributed by atoms with Gasteiger partial charge >= 0.3 is 6.18 Å². The fourth-order valence-electron chi connectivity index (χ4n) is 1.86. The summed E-state index contributed by atoms with van der Waals surface area (Å²) in [6.45, 7) is 0.445. The van der Waals surface area contributed by atoms with Crippen LogP contribution in [0.3, 0.4) is 0 Å². The zero-order valence-corrected chi connectivity index (χ0v) is 12.5. The molecule has 0 radical (unpaired) electrons. The lowest BCUT2D eigenvalue weighted by atomic mass is 10.1. The van der Waals surface area contributed by atoms with Crippen LogP contribution in [0.2, 0.25) is 4.34 Å². The van der Waals surface area contributed by atoms with E-state index in [9.17, 15) is 13.2 Å². The molecule has 0 bridgehead atoms. The van der Waals surface area contributed by atoms with E-state index < -0.39 is 11.7 Å². The predicted octanol–water partition coefficient (Wildman–Crippen LogP) is 4.93. The zero-order valence-electron chi connectivity index (χ0n) is 10.9. The van der Waals surface area contributed by atoms with Crippen molar-refractivity contribution in [1.29, 1.82) is 5.26 Å². The number of nitriles is 1. The molecule has 0 saturated heterocycles. The summed E-state index contributed by atoms with van der Waals surface area (Å²) in [5.41, 5.74) is -0.900. The van der Waals surface area contributed by atoms with E-state index in [-0.39, 0.29) is 5.56 Å². The summed E-state index contributed by atoms with van der Waals surface area (Å²) >= 11 is 7.21. The van der Waals surface area contributed by atoms with Gasteiger partial charge in [-0.1, -0.05) is 11.6 Å². The maximum atomic E-state index is 12.9. The van der Waals surface area contributed by atoms with E-state index in [1.165, 1.54) is 23.5 Å². The fraction of sp³-hybridized carbons (Fsp3) is 0.214. The first-order valence-corrected chi connectivity index (χ1v) is 7.07. The number of rotatable bonds is 3. The minimum atomic E-state index is -4.55. The van der Waals surface area contributed by atoms with Crippen molar-refractivity contribution in [3.05, 3.63) is 50.7 Å². The van der Waals surface area contributed by atoms with Gasteiger partial charge in [-0.05, 0) is 30.3 Å². The van der Waals surface area contributed by atoms with Crippen LogP contribution in [-0.4, -0.2) is 7.05 Å². The van der Waals surface area contributed by atoms with Gasteiger partial charge in [-0.25, -0.2) is 0 Å². The Labute approximate surface area is 129 Å². The second-order valence-electron chi connectivity index (χ2n) is 4.40. The second-order valence-corrected chi connectivity index (χ2v) is 6.20. The van der Waals surface area contributed by atoms with E-state index in [0.29, 0.717) is 16.6 Å². The van der Waals surface area contributed by atoms with Crippen LogP contribution >= 0.6 is 22.9 Å². The maximum Gasteiger partial charge on any atom is 0.417 e. The molecule has 0 aliphatic rings. The number of hydrogen-bond donors (Lipinski definition) is 0. The molecule has 0 atom stereocenters. The highest BCUT2D eigenvalue weighted by atomic mass is 35.5. The Morgan fingerprint density at radius 2 is 2.00 bits per heavy atom. The SMILES string of the molecule is CN(Cc1ccc(Cl)s1)c1ccc(C#N)c(C(F)(F)F)c1. The largest absolute Gasteiger partial charge is 0.417 e. The van der Waals surface area contributed by atoms with Crippen LogP contribution in [0.25, 0.3) is 0 Å². The number of alkyl halides is 3. The molecule has 2 aromatic rings. The lowest BCUT2D eigenvalue weighted by Gasteiger charge is -2.20. The van der Waals surface area contributed by atoms with Gasteiger partial charge in [0.25, 0.3) is 0 Å². The Kier molecular flexibility index (Phi) is 4.45. The second kappa shape index (κ2) is 5.96. The molecular formula is C14H10ClF3N2S. The first-order chi connectivity index (χ1) is 9.81. The van der Waals surface area contributed by atoms with Gasteiger partial charge < -0.3 is 4.90 Å². The highest BCUT2D eigenvalue weighted by Crippen LogP contribution is 2.34. The molecule has 0 unspecified atom stereocenters. The zero-order chi connectivity index (χ0) is 15.6. The predicted molar refractivity (Wildman–Crippen MR) is 77.6 cm³/mol. The van der Waals surface area contributed by atoms with Crippen molar-refractivity contribution >= 4 is 28.6 Å². The summed E-state index contributed by atoms with van der Waals surface area (Å²) in [7, 11) is 1.69. The quantitative estimate of drug-likeness (QED) is 0.798. The van der Waals surface area contributed by atoms with Gasteiger partial charge in [0.1, 0.15) is 0 Å². The van der Waals surface area contributed by atoms with Crippen molar-refractivity contribution in [1.82, 2.24) is 0 Å². The van der Waals surface area contributed by atoms with E-state index in [2.05, 4.69) is 0 Å². The maximum absolute atomic E-state index is 12.9. The molecule has 0 fully saturated rings. The summed E-state index contributed by atoms with van der Waals surface area (Å²) in [6, 6.07) is 8.83. The van der Waals surface area contributed by atoms with Crippen molar-refractivity contribution in [3.8, 4) is 6.07 Å². The Bertz CT molecular complexity index is 688. The Hall–Kier alpha value is -1.71. The van der Waals surface area contributed by atoms with E-state index in [4.69, 9.17) is 16.9 Å². The van der Waals surface area contributed by atoms with Crippen LogP contribution < -0.4 is 4.90 Å². The number of halogens is 4. The van der Waals surface area contributed by atoms with Crippen molar-refractivity contribution < 1.29 is 13.2 Å². The number of anilines is 1. The van der Waals surface area contributed by atoms with E-state index >= 15 is 0 Å². The third kappa shape index (κ3) is 3.69. The first-order valence-electron chi connectivity index (χ1n) is 5.88. The van der Waals surface area contributed by atoms with Gasteiger partial charge in [0.15, 0.2) is 0 Å². The molecule has 0 aliphatic carbocycles. The van der Waals surface area contributed by atoms with Crippen LogP contribution in [0.15, 0.2) is 30.3 Å². The molecule has 0 amide bonds.